The first-order valence-electron chi connectivity index (χ1n) is 8.58. The average molecular weight is 374 g/mol. The van der Waals surface area contributed by atoms with Crippen molar-refractivity contribution in [3.05, 3.63) is 64.8 Å². The molecule has 0 amide bonds. The lowest BCUT2D eigenvalue weighted by Gasteiger charge is -2.15. The van der Waals surface area contributed by atoms with Gasteiger partial charge in [0.05, 0.1) is 32.6 Å². The third kappa shape index (κ3) is 4.87. The predicted molar refractivity (Wildman–Crippen MR) is 100 cm³/mol. The summed E-state index contributed by atoms with van der Waals surface area (Å²) in [5.41, 5.74) is 1.43. The van der Waals surface area contributed by atoms with Crippen molar-refractivity contribution in [1.29, 1.82) is 0 Å². The zero-order chi connectivity index (χ0) is 17.8. The van der Waals surface area contributed by atoms with Gasteiger partial charge >= 0.3 is 0 Å². The molecule has 5 heteroatoms. The molecule has 3 rings (SSSR count). The van der Waals surface area contributed by atoms with Gasteiger partial charge in [0, 0.05) is 17.5 Å². The van der Waals surface area contributed by atoms with Crippen LogP contribution in [0.3, 0.4) is 0 Å². The van der Waals surface area contributed by atoms with E-state index in [9.17, 15) is 4.79 Å². The molecule has 26 heavy (non-hydrogen) atoms. The van der Waals surface area contributed by atoms with Crippen LogP contribution in [0.5, 0.6) is 5.75 Å². The van der Waals surface area contributed by atoms with Crippen molar-refractivity contribution in [3.8, 4) is 17.1 Å². The third-order valence-electron chi connectivity index (χ3n) is 4.06. The van der Waals surface area contributed by atoms with Gasteiger partial charge in [0.25, 0.3) is 0 Å². The van der Waals surface area contributed by atoms with E-state index < -0.39 is 0 Å². The summed E-state index contributed by atoms with van der Waals surface area (Å²) in [5.74, 6) is 1.88. The molecule has 1 heterocycles. The van der Waals surface area contributed by atoms with Crippen LogP contribution in [-0.4, -0.2) is 27.2 Å². The first-order chi connectivity index (χ1) is 12.0. The number of rotatable bonds is 6. The predicted octanol–water partition coefficient (Wildman–Crippen LogP) is -0.377. The monoisotopic (exact) mass is 373 g/mol. The van der Waals surface area contributed by atoms with E-state index in [1.54, 1.807) is 12.1 Å². The Kier molecular flexibility index (Phi) is 6.83. The van der Waals surface area contributed by atoms with E-state index >= 15 is 0 Å². The molecule has 1 atom stereocenters. The number of para-hydroxylation sites is 1. The molecule has 0 bridgehead atoms. The van der Waals surface area contributed by atoms with E-state index in [1.807, 2.05) is 42.5 Å². The van der Waals surface area contributed by atoms with E-state index in [2.05, 4.69) is 21.0 Å². The van der Waals surface area contributed by atoms with Crippen LogP contribution in [-0.2, 0) is 0 Å². The van der Waals surface area contributed by atoms with Gasteiger partial charge < -0.3 is 26.5 Å². The number of quaternary nitrogens is 1. The second-order valence-corrected chi connectivity index (χ2v) is 6.82. The Balaban J connectivity index is 0.00000243. The fraction of sp³-hybridized carbons (Fsp3) is 0.286. The number of hydrogen-bond donors (Lipinski definition) is 1. The Bertz CT molecular complexity index is 903. The number of fused-ring (bicyclic) bond motifs is 1. The zero-order valence-electron chi connectivity index (χ0n) is 15.3. The Morgan fingerprint density at radius 2 is 1.77 bits per heavy atom. The Morgan fingerprint density at radius 3 is 2.46 bits per heavy atom. The number of benzene rings is 2. The Morgan fingerprint density at radius 1 is 1.08 bits per heavy atom. The van der Waals surface area contributed by atoms with Crippen LogP contribution in [0.1, 0.15) is 6.92 Å². The molecule has 2 aromatic carbocycles. The highest BCUT2D eigenvalue weighted by Crippen LogP contribution is 2.24. The summed E-state index contributed by atoms with van der Waals surface area (Å²) in [6, 6.07) is 16.5. The maximum absolute atomic E-state index is 12.2. The first kappa shape index (κ1) is 20.0. The molecule has 0 aliphatic carbocycles. The van der Waals surface area contributed by atoms with Crippen molar-refractivity contribution < 1.29 is 26.5 Å². The van der Waals surface area contributed by atoms with Crippen LogP contribution in [0.15, 0.2) is 63.8 Å². The topological polar surface area (TPSA) is 43.9 Å². The molecule has 1 N–H and O–H groups in total. The standard InChI is InChI=1S/C21H23NO3.ClH/c1-15(13-22(2)3)14-24-17-10-8-16(9-11-17)21-12-19(23)18-6-4-5-7-20(18)25-21;/h4-12,15H,13-14H2,1-3H3;1H. The van der Waals surface area contributed by atoms with Crippen LogP contribution < -0.4 is 27.5 Å². The fourth-order valence-electron chi connectivity index (χ4n) is 2.96. The lowest BCUT2D eigenvalue weighted by molar-refractivity contribution is -0.861. The Hall–Kier alpha value is -2.30. The minimum absolute atomic E-state index is 0. The molecular formula is C21H24ClNO3. The van der Waals surface area contributed by atoms with Crippen LogP contribution in [0.2, 0.25) is 0 Å². The summed E-state index contributed by atoms with van der Waals surface area (Å²) < 4.78 is 11.7. The van der Waals surface area contributed by atoms with Gasteiger partial charge in [0.1, 0.15) is 17.1 Å². The molecular weight excluding hydrogens is 350 g/mol. The quantitative estimate of drug-likeness (QED) is 0.641. The van der Waals surface area contributed by atoms with Gasteiger partial charge in [0.15, 0.2) is 5.43 Å². The van der Waals surface area contributed by atoms with E-state index in [0.717, 1.165) is 17.9 Å². The zero-order valence-corrected chi connectivity index (χ0v) is 16.0. The average Bonchev–Trinajstić information content (AvgIpc) is 2.60. The van der Waals surface area contributed by atoms with Gasteiger partial charge in [-0.15, -0.1) is 0 Å². The summed E-state index contributed by atoms with van der Waals surface area (Å²) in [4.78, 5) is 13.6. The number of ether oxygens (including phenoxy) is 1. The summed E-state index contributed by atoms with van der Waals surface area (Å²) in [6.07, 6.45) is 0. The molecule has 0 saturated heterocycles. The number of halogens is 1. The maximum Gasteiger partial charge on any atom is 0.193 e. The molecule has 0 aliphatic heterocycles. The molecule has 1 aromatic heterocycles. The number of hydrogen-bond acceptors (Lipinski definition) is 3. The third-order valence-corrected chi connectivity index (χ3v) is 4.06. The normalized spacial score (nSPS) is 12.0. The maximum atomic E-state index is 12.2. The van der Waals surface area contributed by atoms with Crippen molar-refractivity contribution in [2.45, 2.75) is 6.92 Å². The van der Waals surface area contributed by atoms with E-state index in [-0.39, 0.29) is 17.8 Å². The van der Waals surface area contributed by atoms with Crippen LogP contribution in [0.4, 0.5) is 0 Å². The second kappa shape index (κ2) is 8.88. The molecule has 1 unspecified atom stereocenters. The molecule has 0 spiro atoms. The van der Waals surface area contributed by atoms with Crippen LogP contribution >= 0.6 is 0 Å². The van der Waals surface area contributed by atoms with E-state index in [4.69, 9.17) is 9.15 Å². The SMILES string of the molecule is CC(COc1ccc(-c2cc(=O)c3ccccc3o2)cc1)C[NH+](C)C.[Cl-]. The van der Waals surface area contributed by atoms with Gasteiger partial charge in [-0.1, -0.05) is 19.1 Å². The van der Waals surface area contributed by atoms with E-state index in [1.165, 1.54) is 4.90 Å². The molecule has 0 aliphatic rings. The lowest BCUT2D eigenvalue weighted by Crippen LogP contribution is -3.06. The van der Waals surface area contributed by atoms with Crippen LogP contribution in [0.25, 0.3) is 22.3 Å². The Labute approximate surface area is 159 Å². The molecule has 0 fully saturated rings. The summed E-state index contributed by atoms with van der Waals surface area (Å²) >= 11 is 0. The highest BCUT2D eigenvalue weighted by Gasteiger charge is 2.09. The van der Waals surface area contributed by atoms with Gasteiger partial charge in [0.2, 0.25) is 0 Å². The minimum Gasteiger partial charge on any atom is -1.00 e. The van der Waals surface area contributed by atoms with Crippen molar-refractivity contribution in [1.82, 2.24) is 0 Å². The van der Waals surface area contributed by atoms with Gasteiger partial charge in [-0.25, -0.2) is 0 Å². The van der Waals surface area contributed by atoms with E-state index in [0.29, 0.717) is 29.3 Å². The highest BCUT2D eigenvalue weighted by atomic mass is 35.5. The summed E-state index contributed by atoms with van der Waals surface area (Å²) in [5, 5.41) is 0.600. The summed E-state index contributed by atoms with van der Waals surface area (Å²) in [6.45, 7) is 3.95. The smallest absolute Gasteiger partial charge is 0.193 e. The van der Waals surface area contributed by atoms with Crippen molar-refractivity contribution >= 4 is 11.0 Å². The minimum atomic E-state index is -0.0304. The molecule has 4 nitrogen and oxygen atoms in total. The molecule has 138 valence electrons. The second-order valence-electron chi connectivity index (χ2n) is 6.82. The van der Waals surface area contributed by atoms with Crippen LogP contribution in [0, 0.1) is 5.92 Å². The summed E-state index contributed by atoms with van der Waals surface area (Å²) in [7, 11) is 4.28. The van der Waals surface area contributed by atoms with Gasteiger partial charge in [-0.2, -0.15) is 0 Å². The molecule has 0 saturated carbocycles. The van der Waals surface area contributed by atoms with Gasteiger partial charge in [-0.3, -0.25) is 4.79 Å². The first-order valence-corrected chi connectivity index (χ1v) is 8.58. The lowest BCUT2D eigenvalue weighted by atomic mass is 10.1. The highest BCUT2D eigenvalue weighted by molar-refractivity contribution is 5.78. The van der Waals surface area contributed by atoms with Gasteiger partial charge in [-0.05, 0) is 36.4 Å². The largest absolute Gasteiger partial charge is 1.00 e. The number of nitrogens with one attached hydrogen (secondary N) is 1. The fourth-order valence-corrected chi connectivity index (χ4v) is 2.96. The van der Waals surface area contributed by atoms with Crippen molar-refractivity contribution in [3.63, 3.8) is 0 Å². The molecule has 0 radical (unpaired) electrons. The van der Waals surface area contributed by atoms with Crippen molar-refractivity contribution in [2.24, 2.45) is 5.92 Å². The van der Waals surface area contributed by atoms with Crippen molar-refractivity contribution in [2.75, 3.05) is 27.2 Å². The molecule has 3 aromatic rings.